The lowest BCUT2D eigenvalue weighted by Crippen LogP contribution is -2.29. The van der Waals surface area contributed by atoms with Gasteiger partial charge < -0.3 is 25.0 Å². The first-order valence-corrected chi connectivity index (χ1v) is 11.6. The molecule has 1 aliphatic rings. The Morgan fingerprint density at radius 2 is 1.68 bits per heavy atom. The summed E-state index contributed by atoms with van der Waals surface area (Å²) in [6, 6.07) is 19.4. The van der Waals surface area contributed by atoms with Crippen molar-refractivity contribution >= 4 is 34.6 Å². The fourth-order valence-electron chi connectivity index (χ4n) is 4.73. The number of nitrogens with one attached hydrogen (secondary N) is 1. The zero-order valence-electron chi connectivity index (χ0n) is 18.6. The molecule has 5 rings (SSSR count). The van der Waals surface area contributed by atoms with Crippen LogP contribution in [0.25, 0.3) is 5.69 Å². The maximum Gasteiger partial charge on any atom is 0.174 e. The summed E-state index contributed by atoms with van der Waals surface area (Å²) >= 11 is 12.1. The van der Waals surface area contributed by atoms with Crippen LogP contribution in [0.1, 0.15) is 34.7 Å². The van der Waals surface area contributed by atoms with Crippen molar-refractivity contribution in [1.29, 1.82) is 0 Å². The van der Waals surface area contributed by atoms with Crippen molar-refractivity contribution in [3.05, 3.63) is 101 Å². The number of phenols is 2. The molecular weight excluding hydrogens is 468 g/mol. The van der Waals surface area contributed by atoms with Crippen LogP contribution in [0.15, 0.2) is 72.9 Å². The summed E-state index contributed by atoms with van der Waals surface area (Å²) in [4.78, 5) is 6.48. The second kappa shape index (κ2) is 8.66. The van der Waals surface area contributed by atoms with Gasteiger partial charge in [0, 0.05) is 22.6 Å². The van der Waals surface area contributed by atoms with Gasteiger partial charge in [-0.25, -0.2) is 0 Å². The lowest BCUT2D eigenvalue weighted by molar-refractivity contribution is 0.471. The van der Waals surface area contributed by atoms with Crippen LogP contribution in [0.2, 0.25) is 5.02 Å². The normalized spacial score (nSPS) is 17.7. The summed E-state index contributed by atoms with van der Waals surface area (Å²) in [7, 11) is 0. The highest BCUT2D eigenvalue weighted by atomic mass is 35.5. The Morgan fingerprint density at radius 3 is 2.41 bits per heavy atom. The van der Waals surface area contributed by atoms with Crippen LogP contribution in [-0.2, 0) is 0 Å². The molecule has 0 bridgehead atoms. The largest absolute Gasteiger partial charge is 0.506 e. The van der Waals surface area contributed by atoms with Crippen LogP contribution in [0.5, 0.6) is 11.5 Å². The summed E-state index contributed by atoms with van der Waals surface area (Å²) in [6.45, 7) is 4.02. The van der Waals surface area contributed by atoms with Crippen molar-refractivity contribution in [2.24, 2.45) is 0 Å². The van der Waals surface area contributed by atoms with Gasteiger partial charge in [0.1, 0.15) is 11.5 Å². The Bertz CT molecular complexity index is 1390. The number of nitrogens with zero attached hydrogens (tertiary/aromatic N) is 3. The zero-order chi connectivity index (χ0) is 24.0. The van der Waals surface area contributed by atoms with Crippen molar-refractivity contribution in [2.75, 3.05) is 4.90 Å². The summed E-state index contributed by atoms with van der Waals surface area (Å²) in [5.74, 6) is 0.274. The minimum atomic E-state index is -0.322. The Kier molecular flexibility index (Phi) is 5.67. The fourth-order valence-corrected chi connectivity index (χ4v) is 5.24. The molecule has 0 aliphatic carbocycles. The van der Waals surface area contributed by atoms with Crippen LogP contribution in [0, 0.1) is 13.8 Å². The molecule has 2 aromatic heterocycles. The van der Waals surface area contributed by atoms with Gasteiger partial charge >= 0.3 is 0 Å². The molecule has 2 aromatic carbocycles. The van der Waals surface area contributed by atoms with Gasteiger partial charge in [0.25, 0.3) is 0 Å². The predicted molar refractivity (Wildman–Crippen MR) is 138 cm³/mol. The molecule has 4 aromatic rings. The molecule has 2 atom stereocenters. The van der Waals surface area contributed by atoms with E-state index in [0.29, 0.717) is 21.5 Å². The molecule has 172 valence electrons. The number of aromatic hydroxyl groups is 2. The number of hydrogen-bond donors (Lipinski definition) is 3. The minimum Gasteiger partial charge on any atom is -0.506 e. The van der Waals surface area contributed by atoms with E-state index in [-0.39, 0.29) is 23.6 Å². The molecule has 1 fully saturated rings. The van der Waals surface area contributed by atoms with Crippen LogP contribution in [0.3, 0.4) is 0 Å². The van der Waals surface area contributed by atoms with Gasteiger partial charge in [-0.3, -0.25) is 4.98 Å². The topological polar surface area (TPSA) is 73.5 Å². The van der Waals surface area contributed by atoms with Gasteiger partial charge in [0.05, 0.1) is 29.2 Å². The average molecular weight is 491 g/mol. The predicted octanol–water partition coefficient (Wildman–Crippen LogP) is 5.73. The van der Waals surface area contributed by atoms with E-state index in [1.165, 1.54) is 0 Å². The Labute approximate surface area is 208 Å². The van der Waals surface area contributed by atoms with Gasteiger partial charge in [-0.15, -0.1) is 0 Å². The SMILES string of the molecule is Cc1cc(C2C(c3ccccn3)NC(=S)N2c2cc(Cl)ccc2O)c(C)n1-c1ccccc1O. The average Bonchev–Trinajstić information content (AvgIpc) is 3.32. The van der Waals surface area contributed by atoms with E-state index in [1.807, 2.05) is 53.6 Å². The number of anilines is 1. The number of benzene rings is 2. The quantitative estimate of drug-likeness (QED) is 0.317. The van der Waals surface area contributed by atoms with Crippen molar-refractivity contribution in [1.82, 2.24) is 14.9 Å². The molecule has 3 heterocycles. The Hall–Kier alpha value is -3.55. The lowest BCUT2D eigenvalue weighted by Gasteiger charge is -2.28. The van der Waals surface area contributed by atoms with Crippen molar-refractivity contribution in [2.45, 2.75) is 25.9 Å². The standard InChI is InChI=1S/C26H23ClN4O2S/c1-15-13-18(16(2)30(15)20-8-3-4-9-22(20)32)25-24(19-7-5-6-12-28-19)29-26(34)31(25)21-14-17(27)10-11-23(21)33/h3-14,24-25,32-33H,1-2H3,(H,29,34). The van der Waals surface area contributed by atoms with Gasteiger partial charge in [-0.2, -0.15) is 0 Å². The molecule has 34 heavy (non-hydrogen) atoms. The molecule has 0 amide bonds. The first-order chi connectivity index (χ1) is 16.4. The number of para-hydroxylation sites is 2. The third kappa shape index (κ3) is 3.67. The number of thiocarbonyl (C=S) groups is 1. The second-order valence-electron chi connectivity index (χ2n) is 8.28. The van der Waals surface area contributed by atoms with E-state index in [2.05, 4.69) is 16.4 Å². The molecule has 0 spiro atoms. The van der Waals surface area contributed by atoms with Crippen LogP contribution < -0.4 is 10.2 Å². The van der Waals surface area contributed by atoms with E-state index in [1.54, 1.807) is 36.5 Å². The second-order valence-corrected chi connectivity index (χ2v) is 9.10. The third-order valence-corrected chi connectivity index (χ3v) is 6.76. The van der Waals surface area contributed by atoms with E-state index >= 15 is 0 Å². The molecule has 1 saturated heterocycles. The van der Waals surface area contributed by atoms with Gasteiger partial charge in [0.2, 0.25) is 0 Å². The van der Waals surface area contributed by atoms with E-state index in [9.17, 15) is 10.2 Å². The number of aryl methyl sites for hydroxylation is 1. The molecule has 8 heteroatoms. The smallest absolute Gasteiger partial charge is 0.174 e. The monoisotopic (exact) mass is 490 g/mol. The minimum absolute atomic E-state index is 0.0785. The Balaban J connectivity index is 1.72. The molecule has 0 saturated carbocycles. The van der Waals surface area contributed by atoms with E-state index in [4.69, 9.17) is 23.8 Å². The molecule has 1 aliphatic heterocycles. The lowest BCUT2D eigenvalue weighted by atomic mass is 9.96. The van der Waals surface area contributed by atoms with Crippen molar-refractivity contribution in [3.8, 4) is 17.2 Å². The summed E-state index contributed by atoms with van der Waals surface area (Å²) in [5.41, 5.74) is 4.93. The van der Waals surface area contributed by atoms with Crippen LogP contribution in [-0.4, -0.2) is 24.9 Å². The fraction of sp³-hybridized carbons (Fsp3) is 0.154. The summed E-state index contributed by atoms with van der Waals surface area (Å²) in [5, 5.41) is 25.6. The van der Waals surface area contributed by atoms with E-state index in [0.717, 1.165) is 22.6 Å². The maximum absolute atomic E-state index is 10.7. The number of halogens is 1. The number of aromatic nitrogens is 2. The number of hydrogen-bond acceptors (Lipinski definition) is 4. The highest BCUT2D eigenvalue weighted by Crippen LogP contribution is 2.46. The highest BCUT2D eigenvalue weighted by molar-refractivity contribution is 7.80. The molecule has 3 N–H and O–H groups in total. The molecular formula is C26H23ClN4O2S. The molecule has 2 unspecified atom stereocenters. The summed E-state index contributed by atoms with van der Waals surface area (Å²) in [6.07, 6.45) is 1.75. The number of phenolic OH excluding ortho intramolecular Hbond substituents is 2. The van der Waals surface area contributed by atoms with Crippen LogP contribution >= 0.6 is 23.8 Å². The summed E-state index contributed by atoms with van der Waals surface area (Å²) < 4.78 is 2.03. The Morgan fingerprint density at radius 1 is 0.941 bits per heavy atom. The first kappa shape index (κ1) is 22.3. The van der Waals surface area contributed by atoms with Crippen LogP contribution in [0.4, 0.5) is 5.69 Å². The maximum atomic E-state index is 10.7. The van der Waals surface area contributed by atoms with Gasteiger partial charge in [0.15, 0.2) is 5.11 Å². The van der Waals surface area contributed by atoms with Crippen molar-refractivity contribution in [3.63, 3.8) is 0 Å². The molecule has 6 nitrogen and oxygen atoms in total. The number of rotatable bonds is 4. The van der Waals surface area contributed by atoms with E-state index < -0.39 is 0 Å². The van der Waals surface area contributed by atoms with Crippen molar-refractivity contribution < 1.29 is 10.2 Å². The van der Waals surface area contributed by atoms with Gasteiger partial charge in [-0.05, 0) is 80.2 Å². The number of pyridine rings is 1. The molecule has 0 radical (unpaired) electrons. The zero-order valence-corrected chi connectivity index (χ0v) is 20.2. The first-order valence-electron chi connectivity index (χ1n) is 10.8. The van der Waals surface area contributed by atoms with Gasteiger partial charge in [-0.1, -0.05) is 29.8 Å². The third-order valence-electron chi connectivity index (χ3n) is 6.21. The highest BCUT2D eigenvalue weighted by Gasteiger charge is 2.43.